The highest BCUT2D eigenvalue weighted by atomic mass is 31.2. The van der Waals surface area contributed by atoms with Crippen molar-refractivity contribution in [3.8, 4) is 0 Å². The summed E-state index contributed by atoms with van der Waals surface area (Å²) in [4.78, 5) is 30.4. The Labute approximate surface area is 149 Å². The average molecular weight is 391 g/mol. The van der Waals surface area contributed by atoms with E-state index in [1.807, 2.05) is 23.9 Å². The maximum absolute atomic E-state index is 11.2. The molecule has 3 rings (SSSR count). The van der Waals surface area contributed by atoms with Crippen LogP contribution >= 0.6 is 7.82 Å². The lowest BCUT2D eigenvalue weighted by Gasteiger charge is -2.35. The largest absolute Gasteiger partial charge is 0.470 e. The first kappa shape index (κ1) is 19.2. The summed E-state index contributed by atoms with van der Waals surface area (Å²) < 4.78 is 22.9. The van der Waals surface area contributed by atoms with Gasteiger partial charge in [0.2, 0.25) is 0 Å². The number of aliphatic hydroxyl groups is 2. The first-order valence-electron chi connectivity index (χ1n) is 7.82. The van der Waals surface area contributed by atoms with Gasteiger partial charge in [0.05, 0.1) is 19.6 Å². The van der Waals surface area contributed by atoms with Gasteiger partial charge < -0.3 is 34.5 Å². The second-order valence-corrected chi connectivity index (χ2v) is 7.40. The molecule has 0 unspecified atom stereocenters. The number of amidine groups is 1. The second-order valence-electron chi connectivity index (χ2n) is 6.21. The number of nitrogens with zero attached hydrogens (tertiary/aromatic N) is 5. The monoisotopic (exact) mass is 391 g/mol. The van der Waals surface area contributed by atoms with Crippen LogP contribution in [0.2, 0.25) is 0 Å². The van der Waals surface area contributed by atoms with Crippen LogP contribution < -0.4 is 4.90 Å². The molecule has 1 aromatic rings. The van der Waals surface area contributed by atoms with Gasteiger partial charge in [-0.25, -0.2) is 9.55 Å². The first-order valence-corrected chi connectivity index (χ1v) is 9.35. The Morgan fingerprint density at radius 3 is 2.69 bits per heavy atom. The fraction of sp³-hybridized carbons (Fsp3) is 0.692. The van der Waals surface area contributed by atoms with Gasteiger partial charge in [0.25, 0.3) is 0 Å². The van der Waals surface area contributed by atoms with Crippen LogP contribution in [0.25, 0.3) is 0 Å². The zero-order chi connectivity index (χ0) is 19.2. The molecule has 4 N–H and O–H groups in total. The highest BCUT2D eigenvalue weighted by Gasteiger charge is 2.49. The minimum atomic E-state index is -4.88. The Bertz CT molecular complexity index is 749. The van der Waals surface area contributed by atoms with E-state index in [-0.39, 0.29) is 0 Å². The molecule has 0 bridgehead atoms. The Morgan fingerprint density at radius 2 is 2.12 bits per heavy atom. The van der Waals surface area contributed by atoms with Crippen molar-refractivity contribution < 1.29 is 33.8 Å². The Hall–Kier alpha value is -1.53. The Balaban J connectivity index is 1.97. The SMILES string of the molecule is CN=C1c2ncn([C@@H]3O[C@H](CO)[C@@H](OP(=O)(O)O)[C@H]3O)c2N(C)CN1C. The van der Waals surface area contributed by atoms with E-state index < -0.39 is 39.0 Å². The molecule has 146 valence electrons. The number of hydrogen-bond donors (Lipinski definition) is 4. The molecule has 12 nitrogen and oxygen atoms in total. The van der Waals surface area contributed by atoms with Crippen LogP contribution in [-0.4, -0.2) is 93.0 Å². The standard InChI is InChI=1S/C13H22N5O7P/c1-14-11-8-12(17(3)6-16(11)2)18(5-15-8)13-9(20)10(7(4-19)24-13)25-26(21,22)23/h5,7,9-10,13,19-20H,4,6H2,1-3H3,(H2,21,22,23)/t7-,9-,10-,13-/m1/s1. The topological polar surface area (TPSA) is 153 Å². The molecule has 2 aliphatic rings. The smallest absolute Gasteiger partial charge is 0.394 e. The third kappa shape index (κ3) is 3.25. The van der Waals surface area contributed by atoms with Gasteiger partial charge in [-0.1, -0.05) is 0 Å². The number of imidazole rings is 1. The fourth-order valence-corrected chi connectivity index (χ4v) is 3.95. The summed E-state index contributed by atoms with van der Waals surface area (Å²) >= 11 is 0. The third-order valence-electron chi connectivity index (χ3n) is 4.36. The van der Waals surface area contributed by atoms with Crippen molar-refractivity contribution in [1.29, 1.82) is 0 Å². The Morgan fingerprint density at radius 1 is 1.42 bits per heavy atom. The minimum absolute atomic E-state index is 0.514. The second kappa shape index (κ2) is 6.89. The van der Waals surface area contributed by atoms with Gasteiger partial charge in [0, 0.05) is 21.1 Å². The normalized spacial score (nSPS) is 31.0. The molecule has 0 amide bonds. The van der Waals surface area contributed by atoms with Crippen molar-refractivity contribution in [2.75, 3.05) is 39.3 Å². The molecule has 13 heteroatoms. The molecule has 0 spiro atoms. The molecule has 1 aromatic heterocycles. The van der Waals surface area contributed by atoms with Crippen LogP contribution in [0.15, 0.2) is 11.3 Å². The number of aliphatic hydroxyl groups excluding tert-OH is 2. The third-order valence-corrected chi connectivity index (χ3v) is 4.88. The predicted molar refractivity (Wildman–Crippen MR) is 89.6 cm³/mol. The first-order chi connectivity index (χ1) is 12.2. The van der Waals surface area contributed by atoms with E-state index in [0.717, 1.165) is 0 Å². The number of anilines is 1. The van der Waals surface area contributed by atoms with Gasteiger partial charge in [-0.05, 0) is 0 Å². The minimum Gasteiger partial charge on any atom is -0.394 e. The molecular formula is C13H22N5O7P. The number of rotatable bonds is 4. The van der Waals surface area contributed by atoms with Crippen molar-refractivity contribution in [2.45, 2.75) is 24.5 Å². The van der Waals surface area contributed by atoms with Crippen LogP contribution in [0.1, 0.15) is 11.9 Å². The van der Waals surface area contributed by atoms with Gasteiger partial charge in [-0.2, -0.15) is 0 Å². The average Bonchev–Trinajstić information content (AvgIpc) is 3.09. The number of hydrogen-bond acceptors (Lipinski definition) is 8. The van der Waals surface area contributed by atoms with E-state index in [1.165, 1.54) is 6.33 Å². The van der Waals surface area contributed by atoms with Crippen LogP contribution in [0.4, 0.5) is 5.82 Å². The summed E-state index contributed by atoms with van der Waals surface area (Å²) in [7, 11) is 0.465. The summed E-state index contributed by atoms with van der Waals surface area (Å²) in [5, 5.41) is 20.0. The van der Waals surface area contributed by atoms with E-state index in [0.29, 0.717) is 24.0 Å². The van der Waals surface area contributed by atoms with E-state index in [2.05, 4.69) is 14.5 Å². The van der Waals surface area contributed by atoms with Crippen LogP contribution in [0.3, 0.4) is 0 Å². The van der Waals surface area contributed by atoms with E-state index in [9.17, 15) is 14.8 Å². The number of fused-ring (bicyclic) bond motifs is 1. The highest BCUT2D eigenvalue weighted by Crippen LogP contribution is 2.44. The molecule has 1 saturated heterocycles. The van der Waals surface area contributed by atoms with Gasteiger partial charge in [-0.15, -0.1) is 0 Å². The number of ether oxygens (including phenoxy) is 1. The van der Waals surface area contributed by atoms with Crippen LogP contribution in [-0.2, 0) is 13.8 Å². The summed E-state index contributed by atoms with van der Waals surface area (Å²) in [6, 6.07) is 0. The summed E-state index contributed by atoms with van der Waals surface area (Å²) in [5.41, 5.74) is 0.583. The summed E-state index contributed by atoms with van der Waals surface area (Å²) in [6.45, 7) is -0.0601. The lowest BCUT2D eigenvalue weighted by Crippen LogP contribution is -2.44. The van der Waals surface area contributed by atoms with Crippen LogP contribution in [0, 0.1) is 0 Å². The lowest BCUT2D eigenvalue weighted by molar-refractivity contribution is -0.0520. The predicted octanol–water partition coefficient (Wildman–Crippen LogP) is -1.67. The maximum Gasteiger partial charge on any atom is 0.470 e. The van der Waals surface area contributed by atoms with E-state index in [4.69, 9.17) is 14.5 Å². The maximum atomic E-state index is 11.2. The molecule has 3 heterocycles. The van der Waals surface area contributed by atoms with E-state index >= 15 is 0 Å². The lowest BCUT2D eigenvalue weighted by atomic mass is 10.1. The number of aromatic nitrogens is 2. The van der Waals surface area contributed by atoms with Crippen LogP contribution in [0.5, 0.6) is 0 Å². The number of phosphoric ester groups is 1. The number of aliphatic imine (C=N–C) groups is 1. The van der Waals surface area contributed by atoms with Crippen molar-refractivity contribution in [1.82, 2.24) is 14.5 Å². The quantitative estimate of drug-likeness (QED) is 0.438. The fourth-order valence-electron chi connectivity index (χ4n) is 3.37. The molecule has 1 fully saturated rings. The molecule has 0 radical (unpaired) electrons. The van der Waals surface area contributed by atoms with Gasteiger partial charge in [-0.3, -0.25) is 14.1 Å². The molecule has 0 saturated carbocycles. The van der Waals surface area contributed by atoms with E-state index in [1.54, 1.807) is 11.6 Å². The van der Waals surface area contributed by atoms with Crippen molar-refractivity contribution in [3.05, 3.63) is 12.0 Å². The van der Waals surface area contributed by atoms with Crippen molar-refractivity contribution >= 4 is 19.5 Å². The van der Waals surface area contributed by atoms with Crippen molar-refractivity contribution in [3.63, 3.8) is 0 Å². The summed E-state index contributed by atoms with van der Waals surface area (Å²) in [5.74, 6) is 1.28. The van der Waals surface area contributed by atoms with Gasteiger partial charge in [0.1, 0.15) is 29.8 Å². The Kier molecular flexibility index (Phi) is 5.10. The van der Waals surface area contributed by atoms with Crippen molar-refractivity contribution in [2.24, 2.45) is 4.99 Å². The molecule has 0 aliphatic carbocycles. The zero-order valence-electron chi connectivity index (χ0n) is 14.5. The van der Waals surface area contributed by atoms with Gasteiger partial charge >= 0.3 is 7.82 Å². The van der Waals surface area contributed by atoms with Gasteiger partial charge in [0.15, 0.2) is 12.1 Å². The molecule has 0 aromatic carbocycles. The molecule has 4 atom stereocenters. The zero-order valence-corrected chi connectivity index (χ0v) is 15.4. The molecule has 26 heavy (non-hydrogen) atoms. The number of phosphoric acid groups is 1. The molecular weight excluding hydrogens is 369 g/mol. The molecule has 2 aliphatic heterocycles. The summed E-state index contributed by atoms with van der Waals surface area (Å²) in [6.07, 6.45) is -3.50. The highest BCUT2D eigenvalue weighted by molar-refractivity contribution is 7.46.